The number of hydrogen-bond donors (Lipinski definition) is 0. The predicted octanol–water partition coefficient (Wildman–Crippen LogP) is 4.10. The Morgan fingerprint density at radius 2 is 1.74 bits per heavy atom. The minimum atomic E-state index is -0.617. The first kappa shape index (κ1) is 20.2. The quantitative estimate of drug-likeness (QED) is 0.493. The molecule has 0 unspecified atom stereocenters. The van der Waals surface area contributed by atoms with Crippen molar-refractivity contribution in [3.05, 3.63) is 65.2 Å². The van der Waals surface area contributed by atoms with Crippen molar-refractivity contribution in [3.63, 3.8) is 0 Å². The summed E-state index contributed by atoms with van der Waals surface area (Å²) in [5.41, 5.74) is 2.62. The van der Waals surface area contributed by atoms with Crippen molar-refractivity contribution in [2.75, 3.05) is 20.3 Å². The maximum absolute atomic E-state index is 12.1. The van der Waals surface area contributed by atoms with Gasteiger partial charge in [0.25, 0.3) is 0 Å². The number of hydrogen-bond acceptors (Lipinski definition) is 5. The third-order valence-electron chi connectivity index (χ3n) is 3.94. The molecule has 0 bridgehead atoms. The molecule has 0 aliphatic heterocycles. The lowest BCUT2D eigenvalue weighted by Crippen LogP contribution is -2.19. The van der Waals surface area contributed by atoms with Gasteiger partial charge in [0.15, 0.2) is 30.5 Å². The number of allylic oxidation sites excluding steroid dienone is 1. The highest BCUT2D eigenvalue weighted by Gasteiger charge is 2.12. The molecule has 5 heteroatoms. The molecule has 0 aromatic heterocycles. The summed E-state index contributed by atoms with van der Waals surface area (Å²) in [6.07, 6.45) is 4.75. The summed E-state index contributed by atoms with van der Waals surface area (Å²) in [6.45, 7) is 3.35. The van der Waals surface area contributed by atoms with Crippen LogP contribution < -0.4 is 9.47 Å². The van der Waals surface area contributed by atoms with E-state index in [-0.39, 0.29) is 19.0 Å². The van der Waals surface area contributed by atoms with Crippen LogP contribution in [0.3, 0.4) is 0 Å². The molecule has 0 spiro atoms. The number of esters is 1. The second kappa shape index (κ2) is 10.2. The van der Waals surface area contributed by atoms with E-state index >= 15 is 0 Å². The van der Waals surface area contributed by atoms with Crippen molar-refractivity contribution < 1.29 is 23.8 Å². The molecule has 0 saturated carbocycles. The summed E-state index contributed by atoms with van der Waals surface area (Å²) in [7, 11) is 1.53. The van der Waals surface area contributed by atoms with E-state index in [1.807, 2.05) is 50.3 Å². The lowest BCUT2D eigenvalue weighted by atomic mass is 10.1. The van der Waals surface area contributed by atoms with Crippen molar-refractivity contribution in [2.45, 2.75) is 20.3 Å². The van der Waals surface area contributed by atoms with Gasteiger partial charge in [0.05, 0.1) is 7.11 Å². The molecule has 2 aromatic rings. The van der Waals surface area contributed by atoms with E-state index in [9.17, 15) is 9.59 Å². The van der Waals surface area contributed by atoms with E-state index in [1.165, 1.54) is 7.11 Å². The average molecular weight is 368 g/mol. The third-order valence-corrected chi connectivity index (χ3v) is 3.94. The van der Waals surface area contributed by atoms with Crippen molar-refractivity contribution in [1.29, 1.82) is 0 Å². The second-order valence-electron chi connectivity index (χ2n) is 5.83. The SMILES string of the molecule is C/C=C/c1ccc(OCC(=O)OCC(=O)c2ccc(CC)cc2)c(OC)c1. The van der Waals surface area contributed by atoms with E-state index in [0.29, 0.717) is 17.1 Å². The summed E-state index contributed by atoms with van der Waals surface area (Å²) >= 11 is 0. The van der Waals surface area contributed by atoms with Crippen LogP contribution in [0.1, 0.15) is 35.3 Å². The van der Waals surface area contributed by atoms with Gasteiger partial charge < -0.3 is 14.2 Å². The number of benzene rings is 2. The largest absolute Gasteiger partial charge is 0.493 e. The van der Waals surface area contributed by atoms with Crippen molar-refractivity contribution in [2.24, 2.45) is 0 Å². The molecule has 0 aliphatic rings. The molecular formula is C22H24O5. The first-order chi connectivity index (χ1) is 13.1. The fraction of sp³-hybridized carbons (Fsp3) is 0.273. The van der Waals surface area contributed by atoms with Gasteiger partial charge in [-0.1, -0.05) is 49.4 Å². The molecule has 5 nitrogen and oxygen atoms in total. The number of aryl methyl sites for hydroxylation is 1. The van der Waals surface area contributed by atoms with Crippen LogP contribution in [0.15, 0.2) is 48.5 Å². The lowest BCUT2D eigenvalue weighted by Gasteiger charge is -2.11. The van der Waals surface area contributed by atoms with Gasteiger partial charge in [-0.05, 0) is 36.6 Å². The molecule has 0 amide bonds. The van der Waals surface area contributed by atoms with Crippen LogP contribution in [-0.4, -0.2) is 32.1 Å². The smallest absolute Gasteiger partial charge is 0.344 e. The Kier molecular flexibility index (Phi) is 7.62. The topological polar surface area (TPSA) is 61.8 Å². The predicted molar refractivity (Wildman–Crippen MR) is 104 cm³/mol. The van der Waals surface area contributed by atoms with Gasteiger partial charge in [0, 0.05) is 5.56 Å². The fourth-order valence-electron chi connectivity index (χ4n) is 2.43. The number of ether oxygens (including phenoxy) is 3. The Bertz CT molecular complexity index is 806. The molecule has 0 aliphatic carbocycles. The Balaban J connectivity index is 1.86. The summed E-state index contributed by atoms with van der Waals surface area (Å²) < 4.78 is 15.7. The van der Waals surface area contributed by atoms with Crippen LogP contribution in [0.5, 0.6) is 11.5 Å². The van der Waals surface area contributed by atoms with E-state index in [0.717, 1.165) is 17.5 Å². The Hall–Kier alpha value is -3.08. The molecule has 0 saturated heterocycles. The maximum atomic E-state index is 12.1. The number of methoxy groups -OCH3 is 1. The summed E-state index contributed by atoms with van der Waals surface area (Å²) in [5, 5.41) is 0. The molecule has 0 fully saturated rings. The van der Waals surface area contributed by atoms with Gasteiger partial charge in [0.2, 0.25) is 0 Å². The Labute approximate surface area is 159 Å². The van der Waals surface area contributed by atoms with Crippen molar-refractivity contribution >= 4 is 17.8 Å². The standard InChI is InChI=1S/C22H24O5/c1-4-6-17-9-12-20(21(13-17)25-3)26-15-22(24)27-14-19(23)18-10-7-16(5-2)8-11-18/h4,6-13H,5,14-15H2,1-3H3/b6-4+. The third kappa shape index (κ3) is 5.99. The number of rotatable bonds is 9. The highest BCUT2D eigenvalue weighted by molar-refractivity contribution is 5.98. The van der Waals surface area contributed by atoms with Gasteiger partial charge in [-0.15, -0.1) is 0 Å². The molecule has 0 atom stereocenters. The molecule has 0 radical (unpaired) electrons. The van der Waals surface area contributed by atoms with E-state index in [4.69, 9.17) is 14.2 Å². The van der Waals surface area contributed by atoms with Crippen molar-refractivity contribution in [1.82, 2.24) is 0 Å². The molecule has 2 aromatic carbocycles. The van der Waals surface area contributed by atoms with Gasteiger partial charge >= 0.3 is 5.97 Å². The summed E-state index contributed by atoms with van der Waals surface area (Å²) in [6, 6.07) is 12.6. The summed E-state index contributed by atoms with van der Waals surface area (Å²) in [5.74, 6) is 0.0853. The highest BCUT2D eigenvalue weighted by atomic mass is 16.6. The van der Waals surface area contributed by atoms with E-state index < -0.39 is 5.97 Å². The molecule has 2 rings (SSSR count). The number of carbonyl (C=O) groups is 2. The van der Waals surface area contributed by atoms with Crippen LogP contribution in [0.25, 0.3) is 6.08 Å². The summed E-state index contributed by atoms with van der Waals surface area (Å²) in [4.78, 5) is 23.9. The molecule has 0 heterocycles. The normalized spacial score (nSPS) is 10.6. The van der Waals surface area contributed by atoms with E-state index in [2.05, 4.69) is 0 Å². The van der Waals surface area contributed by atoms with Crippen LogP contribution in [0.2, 0.25) is 0 Å². The van der Waals surface area contributed by atoms with Crippen molar-refractivity contribution in [3.8, 4) is 11.5 Å². The zero-order valence-electron chi connectivity index (χ0n) is 15.9. The van der Waals surface area contributed by atoms with Crippen LogP contribution in [0.4, 0.5) is 0 Å². The zero-order chi connectivity index (χ0) is 19.6. The van der Waals surface area contributed by atoms with Crippen LogP contribution in [0, 0.1) is 0 Å². The number of ketones is 1. The van der Waals surface area contributed by atoms with Gasteiger partial charge in [0.1, 0.15) is 0 Å². The maximum Gasteiger partial charge on any atom is 0.344 e. The van der Waals surface area contributed by atoms with Crippen LogP contribution >= 0.6 is 0 Å². The minimum Gasteiger partial charge on any atom is -0.493 e. The average Bonchev–Trinajstić information content (AvgIpc) is 2.71. The lowest BCUT2D eigenvalue weighted by molar-refractivity contribution is -0.144. The Morgan fingerprint density at radius 1 is 1.00 bits per heavy atom. The second-order valence-corrected chi connectivity index (χ2v) is 5.83. The fourth-order valence-corrected chi connectivity index (χ4v) is 2.43. The first-order valence-electron chi connectivity index (χ1n) is 8.78. The first-order valence-corrected chi connectivity index (χ1v) is 8.78. The van der Waals surface area contributed by atoms with Gasteiger partial charge in [-0.3, -0.25) is 4.79 Å². The van der Waals surface area contributed by atoms with Crippen LogP contribution in [-0.2, 0) is 16.0 Å². The van der Waals surface area contributed by atoms with Gasteiger partial charge in [-0.2, -0.15) is 0 Å². The molecule has 0 N–H and O–H groups in total. The molecule has 27 heavy (non-hydrogen) atoms. The molecular weight excluding hydrogens is 344 g/mol. The Morgan fingerprint density at radius 3 is 2.37 bits per heavy atom. The number of carbonyl (C=O) groups excluding carboxylic acids is 2. The zero-order valence-corrected chi connectivity index (χ0v) is 15.9. The van der Waals surface area contributed by atoms with Gasteiger partial charge in [-0.25, -0.2) is 4.79 Å². The van der Waals surface area contributed by atoms with E-state index in [1.54, 1.807) is 18.2 Å². The highest BCUT2D eigenvalue weighted by Crippen LogP contribution is 2.28. The molecule has 142 valence electrons. The minimum absolute atomic E-state index is 0.251. The number of Topliss-reactive ketones (excluding diaryl/α,β-unsaturated/α-hetero) is 1. The monoisotopic (exact) mass is 368 g/mol.